The Bertz CT molecular complexity index is 745. The lowest BCUT2D eigenvalue weighted by Crippen LogP contribution is -2.45. The summed E-state index contributed by atoms with van der Waals surface area (Å²) in [6, 6.07) is 17.4. The Hall–Kier alpha value is -2.57. The average Bonchev–Trinajstić information content (AvgIpc) is 2.71. The topological polar surface area (TPSA) is 48.1 Å². The van der Waals surface area contributed by atoms with Gasteiger partial charge in [0, 0.05) is 46.3 Å². The lowest BCUT2D eigenvalue weighted by atomic mass is 10.2. The molecule has 0 atom stereocenters. The molecule has 1 fully saturated rings. The molecule has 0 unspecified atom stereocenters. The Morgan fingerprint density at radius 1 is 1.04 bits per heavy atom. The van der Waals surface area contributed by atoms with Crippen LogP contribution in [0.3, 0.4) is 0 Å². The number of piperazine rings is 1. The Balaban J connectivity index is 1.50. The van der Waals surface area contributed by atoms with Crippen molar-refractivity contribution in [3.63, 3.8) is 0 Å². The third kappa shape index (κ3) is 5.97. The van der Waals surface area contributed by atoms with Crippen molar-refractivity contribution in [1.29, 1.82) is 0 Å². The molecule has 0 bridgehead atoms. The predicted molar refractivity (Wildman–Crippen MR) is 113 cm³/mol. The van der Waals surface area contributed by atoms with E-state index < -0.39 is 0 Å². The van der Waals surface area contributed by atoms with E-state index in [4.69, 9.17) is 4.74 Å². The van der Waals surface area contributed by atoms with E-state index in [1.807, 2.05) is 54.6 Å². The fourth-order valence-corrected chi connectivity index (χ4v) is 3.19. The van der Waals surface area contributed by atoms with Crippen LogP contribution in [0.4, 0.5) is 10.5 Å². The van der Waals surface area contributed by atoms with E-state index in [2.05, 4.69) is 22.2 Å². The molecule has 0 aromatic heterocycles. The maximum atomic E-state index is 12.6. The van der Waals surface area contributed by atoms with E-state index in [9.17, 15) is 4.79 Å². The van der Waals surface area contributed by atoms with Crippen LogP contribution in [-0.2, 0) is 6.54 Å². The number of carbonyl (C=O) groups excluding carboxylic acids is 1. The van der Waals surface area contributed by atoms with Crippen molar-refractivity contribution in [3.05, 3.63) is 60.2 Å². The van der Waals surface area contributed by atoms with Gasteiger partial charge in [0.1, 0.15) is 12.4 Å². The van der Waals surface area contributed by atoms with Crippen molar-refractivity contribution in [1.82, 2.24) is 14.7 Å². The standard InChI is InChI=1S/C22H30N4O2/c1-24-12-14-26(15-13-24)16-17-28-21-11-7-6-10-20(21)23-22(27)25(2)18-19-8-4-3-5-9-19/h3-11H,12-18H2,1-2H3,(H,23,27). The van der Waals surface area contributed by atoms with Gasteiger partial charge in [0.05, 0.1) is 5.69 Å². The normalized spacial score (nSPS) is 15.2. The molecule has 3 rings (SSSR count). The zero-order valence-electron chi connectivity index (χ0n) is 16.8. The van der Waals surface area contributed by atoms with Crippen molar-refractivity contribution in [2.75, 3.05) is 58.7 Å². The number of benzene rings is 2. The van der Waals surface area contributed by atoms with Gasteiger partial charge < -0.3 is 19.9 Å². The Kier molecular flexibility index (Phi) is 7.28. The molecule has 1 aliphatic heterocycles. The summed E-state index contributed by atoms with van der Waals surface area (Å²) in [5.41, 5.74) is 1.79. The molecule has 0 spiro atoms. The lowest BCUT2D eigenvalue weighted by molar-refractivity contribution is 0.134. The highest BCUT2D eigenvalue weighted by molar-refractivity contribution is 5.90. The van der Waals surface area contributed by atoms with Gasteiger partial charge in [0.15, 0.2) is 0 Å². The van der Waals surface area contributed by atoms with Gasteiger partial charge in [-0.2, -0.15) is 0 Å². The fraction of sp³-hybridized carbons (Fsp3) is 0.409. The Labute approximate surface area is 167 Å². The number of anilines is 1. The van der Waals surface area contributed by atoms with Crippen LogP contribution < -0.4 is 10.1 Å². The van der Waals surface area contributed by atoms with Crippen molar-refractivity contribution in [3.8, 4) is 5.75 Å². The summed E-state index contributed by atoms with van der Waals surface area (Å²) in [4.78, 5) is 19.0. The average molecular weight is 383 g/mol. The number of hydrogen-bond donors (Lipinski definition) is 1. The van der Waals surface area contributed by atoms with E-state index in [-0.39, 0.29) is 6.03 Å². The van der Waals surface area contributed by atoms with Gasteiger partial charge in [0.25, 0.3) is 0 Å². The molecule has 1 N–H and O–H groups in total. The fourth-order valence-electron chi connectivity index (χ4n) is 3.19. The highest BCUT2D eigenvalue weighted by Gasteiger charge is 2.15. The van der Waals surface area contributed by atoms with Crippen molar-refractivity contribution in [2.45, 2.75) is 6.54 Å². The zero-order valence-corrected chi connectivity index (χ0v) is 16.8. The summed E-state index contributed by atoms with van der Waals surface area (Å²) in [5, 5.41) is 2.97. The minimum absolute atomic E-state index is 0.154. The molecular weight excluding hydrogens is 352 g/mol. The number of rotatable bonds is 7. The summed E-state index contributed by atoms with van der Waals surface area (Å²) in [6.07, 6.45) is 0. The van der Waals surface area contributed by atoms with Crippen LogP contribution in [0.2, 0.25) is 0 Å². The summed E-state index contributed by atoms with van der Waals surface area (Å²) in [5.74, 6) is 0.707. The first kappa shape index (κ1) is 20.2. The first-order chi connectivity index (χ1) is 13.6. The molecule has 0 radical (unpaired) electrons. The largest absolute Gasteiger partial charge is 0.490 e. The first-order valence-corrected chi connectivity index (χ1v) is 9.80. The van der Waals surface area contributed by atoms with E-state index in [1.54, 1.807) is 11.9 Å². The molecule has 2 aromatic rings. The smallest absolute Gasteiger partial charge is 0.321 e. The molecule has 0 aliphatic carbocycles. The lowest BCUT2D eigenvalue weighted by Gasteiger charge is -2.32. The van der Waals surface area contributed by atoms with E-state index in [0.717, 1.165) is 38.3 Å². The van der Waals surface area contributed by atoms with Crippen LogP contribution in [0.5, 0.6) is 5.75 Å². The van der Waals surface area contributed by atoms with Gasteiger partial charge in [-0.3, -0.25) is 4.90 Å². The number of nitrogens with zero attached hydrogens (tertiary/aromatic N) is 3. The van der Waals surface area contributed by atoms with Crippen LogP contribution in [0.15, 0.2) is 54.6 Å². The van der Waals surface area contributed by atoms with Crippen molar-refractivity contribution >= 4 is 11.7 Å². The third-order valence-electron chi connectivity index (χ3n) is 5.00. The van der Waals surface area contributed by atoms with Crippen molar-refractivity contribution < 1.29 is 9.53 Å². The zero-order chi connectivity index (χ0) is 19.8. The minimum atomic E-state index is -0.154. The molecule has 1 heterocycles. The molecule has 1 saturated heterocycles. The van der Waals surface area contributed by atoms with Gasteiger partial charge in [0.2, 0.25) is 0 Å². The quantitative estimate of drug-likeness (QED) is 0.800. The summed E-state index contributed by atoms with van der Waals surface area (Å²) in [6.45, 7) is 6.39. The van der Waals surface area contributed by atoms with Crippen LogP contribution in [0.25, 0.3) is 0 Å². The molecule has 2 aromatic carbocycles. The maximum Gasteiger partial charge on any atom is 0.321 e. The molecule has 0 saturated carbocycles. The van der Waals surface area contributed by atoms with E-state index in [1.165, 1.54) is 0 Å². The van der Waals surface area contributed by atoms with Crippen LogP contribution in [0, 0.1) is 0 Å². The van der Waals surface area contributed by atoms with Gasteiger partial charge in [-0.1, -0.05) is 42.5 Å². The molecule has 150 valence electrons. The SMILES string of the molecule is CN1CCN(CCOc2ccccc2NC(=O)N(C)Cc2ccccc2)CC1. The van der Waals surface area contributed by atoms with Crippen LogP contribution in [-0.4, -0.2) is 74.2 Å². The Morgan fingerprint density at radius 2 is 1.71 bits per heavy atom. The third-order valence-corrected chi connectivity index (χ3v) is 5.00. The van der Waals surface area contributed by atoms with Gasteiger partial charge >= 0.3 is 6.03 Å². The number of ether oxygens (including phenoxy) is 1. The van der Waals surface area contributed by atoms with Crippen LogP contribution >= 0.6 is 0 Å². The predicted octanol–water partition coefficient (Wildman–Crippen LogP) is 2.98. The number of hydrogen-bond acceptors (Lipinski definition) is 4. The monoisotopic (exact) mass is 382 g/mol. The molecular formula is C22H30N4O2. The van der Waals surface area contributed by atoms with Crippen molar-refractivity contribution in [2.24, 2.45) is 0 Å². The number of nitrogens with one attached hydrogen (secondary N) is 1. The number of urea groups is 1. The summed E-state index contributed by atoms with van der Waals surface area (Å²) < 4.78 is 5.98. The van der Waals surface area contributed by atoms with E-state index >= 15 is 0 Å². The molecule has 1 aliphatic rings. The Morgan fingerprint density at radius 3 is 2.46 bits per heavy atom. The van der Waals surface area contributed by atoms with Gasteiger partial charge in [-0.25, -0.2) is 4.79 Å². The van der Waals surface area contributed by atoms with E-state index in [0.29, 0.717) is 24.6 Å². The first-order valence-electron chi connectivity index (χ1n) is 9.80. The molecule has 6 heteroatoms. The molecule has 28 heavy (non-hydrogen) atoms. The summed E-state index contributed by atoms with van der Waals surface area (Å²) >= 11 is 0. The number of carbonyl (C=O) groups is 1. The second kappa shape index (κ2) is 10.1. The molecule has 2 amide bonds. The van der Waals surface area contributed by atoms with Gasteiger partial charge in [-0.05, 0) is 24.7 Å². The number of para-hydroxylation sites is 2. The maximum absolute atomic E-state index is 12.6. The van der Waals surface area contributed by atoms with Gasteiger partial charge in [-0.15, -0.1) is 0 Å². The molecule has 6 nitrogen and oxygen atoms in total. The second-order valence-corrected chi connectivity index (χ2v) is 7.26. The number of amides is 2. The van der Waals surface area contributed by atoms with Crippen LogP contribution in [0.1, 0.15) is 5.56 Å². The highest BCUT2D eigenvalue weighted by Crippen LogP contribution is 2.24. The second-order valence-electron chi connectivity index (χ2n) is 7.26. The minimum Gasteiger partial charge on any atom is -0.490 e. The highest BCUT2D eigenvalue weighted by atomic mass is 16.5. The number of likely N-dealkylation sites (N-methyl/N-ethyl adjacent to an activating group) is 1. The summed E-state index contributed by atoms with van der Waals surface area (Å²) in [7, 11) is 3.95.